The van der Waals surface area contributed by atoms with Crippen LogP contribution in [0.15, 0.2) is 28.4 Å². The molecule has 0 fully saturated rings. The zero-order valence-electron chi connectivity index (χ0n) is 12.2. The Morgan fingerprint density at radius 1 is 1.39 bits per heavy atom. The van der Waals surface area contributed by atoms with E-state index >= 15 is 0 Å². The van der Waals surface area contributed by atoms with Gasteiger partial charge in [-0.1, -0.05) is 6.92 Å². The van der Waals surface area contributed by atoms with Gasteiger partial charge in [-0.15, -0.1) is 0 Å². The molecule has 0 spiro atoms. The molecule has 23 heavy (non-hydrogen) atoms. The third-order valence-electron chi connectivity index (χ3n) is 4.13. The van der Waals surface area contributed by atoms with Crippen LogP contribution in [0.2, 0.25) is 0 Å². The Labute approximate surface area is 129 Å². The van der Waals surface area contributed by atoms with E-state index in [1.165, 1.54) is 0 Å². The minimum atomic E-state index is -3.34. The van der Waals surface area contributed by atoms with Gasteiger partial charge in [0.15, 0.2) is 11.6 Å². The number of nitrogens with one attached hydrogen (secondary N) is 2. The maximum absolute atomic E-state index is 14.8. The number of amidine groups is 1. The molecular weight excluding hydrogens is 323 g/mol. The highest BCUT2D eigenvalue weighted by Gasteiger charge is 2.59. The van der Waals surface area contributed by atoms with E-state index in [1.54, 1.807) is 0 Å². The van der Waals surface area contributed by atoms with Crippen LogP contribution < -0.4 is 11.1 Å². The fourth-order valence-corrected chi connectivity index (χ4v) is 2.93. The zero-order valence-corrected chi connectivity index (χ0v) is 12.2. The summed E-state index contributed by atoms with van der Waals surface area (Å²) in [6.07, 6.45) is -2.83. The molecule has 0 bridgehead atoms. The third kappa shape index (κ3) is 2.87. The summed E-state index contributed by atoms with van der Waals surface area (Å²) in [7, 11) is 0. The number of nitrogens with zero attached hydrogens (tertiary/aromatic N) is 1. The van der Waals surface area contributed by atoms with Gasteiger partial charge in [0, 0.05) is 6.54 Å². The van der Waals surface area contributed by atoms with Crippen molar-refractivity contribution in [3.8, 4) is 0 Å². The number of aliphatic imine (C=N–C) groups is 1. The molecule has 1 heterocycles. The van der Waals surface area contributed by atoms with Crippen molar-refractivity contribution in [3.63, 3.8) is 0 Å². The first-order valence-electron chi connectivity index (χ1n) is 6.72. The minimum absolute atomic E-state index is 0.0554. The Morgan fingerprint density at radius 2 is 2.04 bits per heavy atom. The van der Waals surface area contributed by atoms with Crippen LogP contribution in [0.3, 0.4) is 0 Å². The predicted molar refractivity (Wildman–Crippen MR) is 73.6 cm³/mol. The Kier molecular flexibility index (Phi) is 4.56. The van der Waals surface area contributed by atoms with E-state index in [0.717, 1.165) is 13.0 Å². The van der Waals surface area contributed by atoms with Crippen molar-refractivity contribution in [1.82, 2.24) is 5.32 Å². The number of allylic oxidation sites excluding steroid dienone is 2. The number of nitrogens with two attached hydrogens (primary N) is 1. The minimum Gasteiger partial charge on any atom is -0.702 e. The molecule has 130 valence electrons. The molecule has 0 saturated heterocycles. The average molecular weight is 339 g/mol. The van der Waals surface area contributed by atoms with Crippen molar-refractivity contribution in [2.45, 2.75) is 31.9 Å². The van der Waals surface area contributed by atoms with Crippen LogP contribution >= 0.6 is 0 Å². The molecule has 0 aromatic carbocycles. The molecule has 10 heteroatoms. The fraction of sp³-hybridized carbons (Fsp3) is 0.615. The molecule has 2 unspecified atom stereocenters. The highest BCUT2D eigenvalue weighted by atomic mass is 19.3. The summed E-state index contributed by atoms with van der Waals surface area (Å²) in [6, 6.07) is 0. The number of ether oxygens (including phenoxy) is 1. The molecule has 0 amide bonds. The van der Waals surface area contributed by atoms with Gasteiger partial charge in [0.1, 0.15) is 11.4 Å². The SMILES string of the molecule is CC1(C2(C(F)F)CNCC(N)=N2)CC([NH-])=CC(OC(F)F)=C1F. The van der Waals surface area contributed by atoms with Crippen LogP contribution in [0.25, 0.3) is 5.73 Å². The summed E-state index contributed by atoms with van der Waals surface area (Å²) < 4.78 is 71.2. The molecule has 1 aliphatic carbocycles. The summed E-state index contributed by atoms with van der Waals surface area (Å²) in [6.45, 7) is -2.60. The summed E-state index contributed by atoms with van der Waals surface area (Å²) in [4.78, 5) is 3.76. The van der Waals surface area contributed by atoms with Crippen LogP contribution in [0.4, 0.5) is 22.0 Å². The third-order valence-corrected chi connectivity index (χ3v) is 4.13. The smallest absolute Gasteiger partial charge is 0.387 e. The van der Waals surface area contributed by atoms with Crippen LogP contribution in [-0.2, 0) is 4.74 Å². The fourth-order valence-electron chi connectivity index (χ4n) is 2.93. The van der Waals surface area contributed by atoms with Gasteiger partial charge in [-0.25, -0.2) is 13.2 Å². The second kappa shape index (κ2) is 5.99. The Hall–Kier alpha value is -1.84. The maximum Gasteiger partial charge on any atom is 0.387 e. The number of hydrogen-bond donors (Lipinski definition) is 2. The quantitative estimate of drug-likeness (QED) is 0.773. The topological polar surface area (TPSA) is 83.4 Å². The summed E-state index contributed by atoms with van der Waals surface area (Å²) >= 11 is 0. The molecule has 2 rings (SSSR count). The summed E-state index contributed by atoms with van der Waals surface area (Å²) in [5, 5.41) is 2.63. The second-order valence-electron chi connectivity index (χ2n) is 5.67. The van der Waals surface area contributed by atoms with Gasteiger partial charge in [0.05, 0.1) is 12.0 Å². The van der Waals surface area contributed by atoms with E-state index in [2.05, 4.69) is 15.0 Å². The van der Waals surface area contributed by atoms with Crippen molar-refractivity contribution < 1.29 is 26.7 Å². The molecule has 1 aliphatic heterocycles. The monoisotopic (exact) mass is 339 g/mol. The van der Waals surface area contributed by atoms with Crippen molar-refractivity contribution in [2.75, 3.05) is 13.1 Å². The first kappa shape index (κ1) is 17.5. The molecule has 0 radical (unpaired) electrons. The van der Waals surface area contributed by atoms with E-state index in [4.69, 9.17) is 11.5 Å². The van der Waals surface area contributed by atoms with Crippen molar-refractivity contribution in [2.24, 2.45) is 16.1 Å². The zero-order chi connectivity index (χ0) is 17.4. The number of rotatable bonds is 4. The van der Waals surface area contributed by atoms with Crippen LogP contribution in [0, 0.1) is 5.41 Å². The first-order chi connectivity index (χ1) is 10.6. The molecule has 2 aliphatic rings. The average Bonchev–Trinajstić information content (AvgIpc) is 2.43. The normalized spacial score (nSPS) is 32.2. The summed E-state index contributed by atoms with van der Waals surface area (Å²) in [5.74, 6) is -2.38. The first-order valence-corrected chi connectivity index (χ1v) is 6.72. The highest BCUT2D eigenvalue weighted by Crippen LogP contribution is 2.53. The molecule has 0 aromatic heterocycles. The van der Waals surface area contributed by atoms with Gasteiger partial charge in [0.2, 0.25) is 0 Å². The molecule has 0 saturated carbocycles. The lowest BCUT2D eigenvalue weighted by molar-refractivity contribution is -0.0992. The van der Waals surface area contributed by atoms with Crippen LogP contribution in [-0.4, -0.2) is 37.5 Å². The Bertz CT molecular complexity index is 577. The lowest BCUT2D eigenvalue weighted by Gasteiger charge is -2.49. The molecule has 5 nitrogen and oxygen atoms in total. The lowest BCUT2D eigenvalue weighted by atomic mass is 9.65. The Morgan fingerprint density at radius 3 is 2.57 bits per heavy atom. The molecule has 2 atom stereocenters. The van der Waals surface area contributed by atoms with E-state index < -0.39 is 48.5 Å². The van der Waals surface area contributed by atoms with Crippen molar-refractivity contribution in [1.29, 1.82) is 0 Å². The number of halogens is 5. The molecule has 0 aromatic rings. The van der Waals surface area contributed by atoms with Gasteiger partial charge >= 0.3 is 6.61 Å². The van der Waals surface area contributed by atoms with Gasteiger partial charge in [-0.05, 0) is 12.5 Å². The van der Waals surface area contributed by atoms with E-state index in [9.17, 15) is 22.0 Å². The maximum atomic E-state index is 14.8. The Balaban J connectivity index is 2.60. The summed E-state index contributed by atoms with van der Waals surface area (Å²) in [5.41, 5.74) is 8.51. The standard InChI is InChI=1S/C13H16F5N4O/c1-12(13(10(15)16)5-21-4-8(20)22-13)3-6(19)2-7(9(12)14)23-11(17)18/h2,10-11,19,21H,3-5H2,1H3,(H2,20,22)/q-1. The van der Waals surface area contributed by atoms with E-state index in [0.29, 0.717) is 0 Å². The highest BCUT2D eigenvalue weighted by molar-refractivity contribution is 5.83. The van der Waals surface area contributed by atoms with Crippen LogP contribution in [0.1, 0.15) is 13.3 Å². The van der Waals surface area contributed by atoms with Crippen molar-refractivity contribution >= 4 is 5.84 Å². The predicted octanol–water partition coefficient (Wildman–Crippen LogP) is 2.72. The van der Waals surface area contributed by atoms with Gasteiger partial charge in [-0.2, -0.15) is 14.5 Å². The van der Waals surface area contributed by atoms with Gasteiger partial charge < -0.3 is 21.5 Å². The van der Waals surface area contributed by atoms with Crippen molar-refractivity contribution in [3.05, 3.63) is 29.1 Å². The number of alkyl halides is 4. The van der Waals surface area contributed by atoms with Gasteiger partial charge in [-0.3, -0.25) is 4.99 Å². The number of hydrogen-bond acceptors (Lipinski definition) is 4. The lowest BCUT2D eigenvalue weighted by Crippen LogP contribution is -2.62. The van der Waals surface area contributed by atoms with Gasteiger partial charge in [0.25, 0.3) is 6.43 Å². The van der Waals surface area contributed by atoms with E-state index in [1.807, 2.05) is 0 Å². The van der Waals surface area contributed by atoms with Crippen LogP contribution in [0.5, 0.6) is 0 Å². The second-order valence-corrected chi connectivity index (χ2v) is 5.67. The molecular formula is C13H16F5N4O-. The van der Waals surface area contributed by atoms with E-state index in [-0.39, 0.29) is 18.1 Å². The largest absolute Gasteiger partial charge is 0.702 e. The molecule has 4 N–H and O–H groups in total.